The Hall–Kier alpha value is -0.220. The van der Waals surface area contributed by atoms with Crippen LogP contribution in [-0.4, -0.2) is 33.2 Å². The zero-order chi connectivity index (χ0) is 13.3. The fourth-order valence-electron chi connectivity index (χ4n) is 2.00. The minimum Gasteiger partial charge on any atom is -0.480 e. The molecule has 1 saturated carbocycles. The van der Waals surface area contributed by atoms with E-state index < -0.39 is 11.5 Å². The average molecular weight is 259 g/mol. The quantitative estimate of drug-likeness (QED) is 0.770. The lowest BCUT2D eigenvalue weighted by Gasteiger charge is -2.35. The highest BCUT2D eigenvalue weighted by atomic mass is 32.2. The van der Waals surface area contributed by atoms with E-state index in [1.54, 1.807) is 11.8 Å². The summed E-state index contributed by atoms with van der Waals surface area (Å²) in [6.07, 6.45) is 2.08. The maximum absolute atomic E-state index is 11.7. The Balaban J connectivity index is 2.79. The van der Waals surface area contributed by atoms with Crippen molar-refractivity contribution in [1.82, 2.24) is 5.32 Å². The Labute approximate surface area is 109 Å². The Bertz CT molecular complexity index is 282. The number of nitrogens with one attached hydrogen (secondary N) is 1. The first-order chi connectivity index (χ1) is 7.67. The van der Waals surface area contributed by atoms with Gasteiger partial charge in [-0.2, -0.15) is 11.8 Å². The summed E-state index contributed by atoms with van der Waals surface area (Å²) in [7, 11) is 0. The lowest BCUT2D eigenvalue weighted by molar-refractivity contribution is -0.145. The average Bonchev–Trinajstić information content (AvgIpc) is 2.92. The molecular weight excluding hydrogens is 234 g/mol. The van der Waals surface area contributed by atoms with Gasteiger partial charge in [0.1, 0.15) is 5.54 Å². The van der Waals surface area contributed by atoms with E-state index in [1.165, 1.54) is 0 Å². The predicted octanol–water partition coefficient (Wildman–Crippen LogP) is 2.75. The van der Waals surface area contributed by atoms with Crippen molar-refractivity contribution in [2.24, 2.45) is 5.92 Å². The van der Waals surface area contributed by atoms with Gasteiger partial charge in [-0.25, -0.2) is 0 Å². The smallest absolute Gasteiger partial charge is 0.325 e. The molecule has 0 heterocycles. The maximum Gasteiger partial charge on any atom is 0.325 e. The molecule has 1 unspecified atom stereocenters. The largest absolute Gasteiger partial charge is 0.480 e. The third kappa shape index (κ3) is 4.18. The van der Waals surface area contributed by atoms with Crippen molar-refractivity contribution in [2.45, 2.75) is 63.8 Å². The number of thioether (sulfide) groups is 1. The fraction of sp³-hybridized carbons (Fsp3) is 0.923. The van der Waals surface area contributed by atoms with Crippen molar-refractivity contribution >= 4 is 17.7 Å². The summed E-state index contributed by atoms with van der Waals surface area (Å²) in [5.74, 6) is 0.261. The van der Waals surface area contributed by atoms with Gasteiger partial charge in [0.05, 0.1) is 0 Å². The van der Waals surface area contributed by atoms with Crippen LogP contribution in [0.4, 0.5) is 0 Å². The van der Waals surface area contributed by atoms with Crippen LogP contribution in [0, 0.1) is 5.92 Å². The first-order valence-electron chi connectivity index (χ1n) is 6.32. The van der Waals surface area contributed by atoms with Gasteiger partial charge in [0.25, 0.3) is 0 Å². The molecule has 3 nitrogen and oxygen atoms in total. The van der Waals surface area contributed by atoms with Crippen LogP contribution in [0.15, 0.2) is 0 Å². The zero-order valence-electron chi connectivity index (χ0n) is 11.5. The van der Waals surface area contributed by atoms with E-state index in [1.807, 2.05) is 13.8 Å². The molecule has 2 N–H and O–H groups in total. The Morgan fingerprint density at radius 1 is 1.41 bits per heavy atom. The van der Waals surface area contributed by atoms with Crippen LogP contribution < -0.4 is 5.32 Å². The molecule has 1 atom stereocenters. The second kappa shape index (κ2) is 5.19. The Morgan fingerprint density at radius 2 is 1.94 bits per heavy atom. The van der Waals surface area contributed by atoms with Crippen LogP contribution in [0.1, 0.15) is 47.5 Å². The number of hydrogen-bond acceptors (Lipinski definition) is 3. The van der Waals surface area contributed by atoms with Crippen LogP contribution in [-0.2, 0) is 4.79 Å². The van der Waals surface area contributed by atoms with Gasteiger partial charge < -0.3 is 5.11 Å². The van der Waals surface area contributed by atoms with Gasteiger partial charge in [-0.1, -0.05) is 20.8 Å². The van der Waals surface area contributed by atoms with Gasteiger partial charge in [-0.05, 0) is 32.6 Å². The molecule has 0 aliphatic heterocycles. The first kappa shape index (κ1) is 14.8. The highest BCUT2D eigenvalue weighted by Crippen LogP contribution is 2.43. The molecule has 0 radical (unpaired) electrons. The van der Waals surface area contributed by atoms with Crippen LogP contribution >= 0.6 is 11.8 Å². The van der Waals surface area contributed by atoms with Crippen molar-refractivity contribution in [3.63, 3.8) is 0 Å². The Morgan fingerprint density at radius 3 is 2.24 bits per heavy atom. The lowest BCUT2D eigenvalue weighted by Crippen LogP contribution is -2.58. The number of carboxylic acid groups (broad SMARTS) is 1. The highest BCUT2D eigenvalue weighted by Gasteiger charge is 2.51. The summed E-state index contributed by atoms with van der Waals surface area (Å²) in [6, 6.07) is 0.201. The fourth-order valence-corrected chi connectivity index (χ4v) is 3.10. The third-order valence-electron chi connectivity index (χ3n) is 2.93. The first-order valence-corrected chi connectivity index (χ1v) is 7.31. The number of rotatable bonds is 6. The minimum absolute atomic E-state index is 0.105. The topological polar surface area (TPSA) is 49.3 Å². The van der Waals surface area contributed by atoms with E-state index in [0.717, 1.165) is 12.8 Å². The van der Waals surface area contributed by atoms with E-state index in [-0.39, 0.29) is 10.8 Å². The summed E-state index contributed by atoms with van der Waals surface area (Å²) in [6.45, 7) is 10.4. The molecule has 0 aromatic heterocycles. The number of carbonyl (C=O) groups is 1. The van der Waals surface area contributed by atoms with Crippen LogP contribution in [0.2, 0.25) is 0 Å². The number of hydrogen-bond donors (Lipinski definition) is 2. The summed E-state index contributed by atoms with van der Waals surface area (Å²) in [4.78, 5) is 11.7. The van der Waals surface area contributed by atoms with E-state index in [4.69, 9.17) is 0 Å². The normalized spacial score (nSPS) is 20.4. The van der Waals surface area contributed by atoms with Gasteiger partial charge >= 0.3 is 5.97 Å². The predicted molar refractivity (Wildman–Crippen MR) is 73.6 cm³/mol. The second-order valence-corrected chi connectivity index (χ2v) is 8.05. The summed E-state index contributed by atoms with van der Waals surface area (Å²) in [5.41, 5.74) is -0.730. The monoisotopic (exact) mass is 259 g/mol. The molecule has 4 heteroatoms. The minimum atomic E-state index is -0.730. The van der Waals surface area contributed by atoms with Gasteiger partial charge in [0.2, 0.25) is 0 Å². The standard InChI is InChI=1S/C13H25NO2S/c1-9(2)14-13(11(15)16,10-6-7-10)8-17-12(3,4)5/h9-10,14H,6-8H2,1-5H3,(H,15,16). The molecule has 1 aliphatic rings. The maximum atomic E-state index is 11.7. The second-order valence-electron chi connectivity index (χ2n) is 6.25. The van der Waals surface area contributed by atoms with Crippen molar-refractivity contribution in [3.05, 3.63) is 0 Å². The molecule has 1 aliphatic carbocycles. The molecule has 0 saturated heterocycles. The van der Waals surface area contributed by atoms with E-state index in [2.05, 4.69) is 26.1 Å². The summed E-state index contributed by atoms with van der Waals surface area (Å²) < 4.78 is 0.105. The van der Waals surface area contributed by atoms with Crippen LogP contribution in [0.25, 0.3) is 0 Å². The van der Waals surface area contributed by atoms with Crippen LogP contribution in [0.3, 0.4) is 0 Å². The molecule has 0 bridgehead atoms. The number of aliphatic carboxylic acids is 1. The van der Waals surface area contributed by atoms with E-state index in [9.17, 15) is 9.90 Å². The molecular formula is C13H25NO2S. The molecule has 0 aromatic rings. The molecule has 0 amide bonds. The highest BCUT2D eigenvalue weighted by molar-refractivity contribution is 8.00. The Kier molecular flexibility index (Phi) is 4.53. The van der Waals surface area contributed by atoms with E-state index >= 15 is 0 Å². The van der Waals surface area contributed by atoms with E-state index in [0.29, 0.717) is 11.7 Å². The van der Waals surface area contributed by atoms with Gasteiger partial charge in [-0.15, -0.1) is 0 Å². The SMILES string of the molecule is CC(C)NC(CSC(C)(C)C)(C(=O)O)C1CC1. The zero-order valence-corrected chi connectivity index (χ0v) is 12.4. The third-order valence-corrected chi connectivity index (χ3v) is 4.40. The van der Waals surface area contributed by atoms with Gasteiger partial charge in [0.15, 0.2) is 0 Å². The van der Waals surface area contributed by atoms with Crippen LogP contribution in [0.5, 0.6) is 0 Å². The van der Waals surface area contributed by atoms with Gasteiger partial charge in [-0.3, -0.25) is 10.1 Å². The van der Waals surface area contributed by atoms with Crippen molar-refractivity contribution < 1.29 is 9.90 Å². The molecule has 100 valence electrons. The lowest BCUT2D eigenvalue weighted by atomic mass is 9.94. The molecule has 0 aromatic carbocycles. The number of carboxylic acids is 1. The summed E-state index contributed by atoms with van der Waals surface area (Å²) >= 11 is 1.74. The molecule has 1 rings (SSSR count). The molecule has 17 heavy (non-hydrogen) atoms. The van der Waals surface area contributed by atoms with Gasteiger partial charge in [0, 0.05) is 16.5 Å². The van der Waals surface area contributed by atoms with Crippen molar-refractivity contribution in [3.8, 4) is 0 Å². The molecule has 1 fully saturated rings. The van der Waals surface area contributed by atoms with Crippen molar-refractivity contribution in [1.29, 1.82) is 0 Å². The van der Waals surface area contributed by atoms with Crippen molar-refractivity contribution in [2.75, 3.05) is 5.75 Å². The molecule has 0 spiro atoms. The summed E-state index contributed by atoms with van der Waals surface area (Å²) in [5, 5.41) is 12.9.